The smallest absolute Gasteiger partial charge is 0.180 e. The van der Waals surface area contributed by atoms with Crippen molar-refractivity contribution in [1.29, 1.82) is 10.5 Å². The third-order valence-corrected chi connectivity index (χ3v) is 14.3. The first-order chi connectivity index (χ1) is 23.8. The van der Waals surface area contributed by atoms with Gasteiger partial charge in [0, 0.05) is 10.8 Å². The first-order valence-electron chi connectivity index (χ1n) is 16.0. The van der Waals surface area contributed by atoms with Gasteiger partial charge in [-0.05, 0) is 62.2 Å². The number of nitrogens with zero attached hydrogens (tertiary/aromatic N) is 3. The van der Waals surface area contributed by atoms with E-state index in [1.807, 2.05) is 36.4 Å². The maximum absolute atomic E-state index is 10.7. The fourth-order valence-corrected chi connectivity index (χ4v) is 12.5. The molecule has 0 aliphatic heterocycles. The Balaban J connectivity index is 1.45. The lowest BCUT2D eigenvalue weighted by Gasteiger charge is -2.36. The lowest BCUT2D eigenvalue weighted by atomic mass is 9.97. The first kappa shape index (κ1) is 29.0. The Morgan fingerprint density at radius 3 is 1.42 bits per heavy atom. The van der Waals surface area contributed by atoms with Crippen molar-refractivity contribution >= 4 is 50.6 Å². The summed E-state index contributed by atoms with van der Waals surface area (Å²) in [5, 5.41) is 28.4. The van der Waals surface area contributed by atoms with Gasteiger partial charge in [0.15, 0.2) is 8.07 Å². The second-order valence-electron chi connectivity index (χ2n) is 11.9. The molecule has 0 unspecified atom stereocenters. The molecule has 0 spiro atoms. The van der Waals surface area contributed by atoms with Crippen LogP contribution in [0.2, 0.25) is 0 Å². The van der Waals surface area contributed by atoms with Crippen molar-refractivity contribution in [2.75, 3.05) is 0 Å². The Morgan fingerprint density at radius 1 is 0.438 bits per heavy atom. The van der Waals surface area contributed by atoms with Gasteiger partial charge in [-0.2, -0.15) is 10.5 Å². The summed E-state index contributed by atoms with van der Waals surface area (Å²) in [6.07, 6.45) is 0. The van der Waals surface area contributed by atoms with Crippen LogP contribution in [0, 0.1) is 22.7 Å². The number of hydrogen-bond donors (Lipinski definition) is 0. The summed E-state index contributed by atoms with van der Waals surface area (Å²) >= 11 is 0. The van der Waals surface area contributed by atoms with Gasteiger partial charge in [0.1, 0.15) is 6.07 Å². The second kappa shape index (κ2) is 12.0. The van der Waals surface area contributed by atoms with Gasteiger partial charge in [0.25, 0.3) is 0 Å². The second-order valence-corrected chi connectivity index (χ2v) is 15.7. The lowest BCUT2D eigenvalue weighted by Crippen LogP contribution is -2.75. The number of nitriles is 2. The van der Waals surface area contributed by atoms with E-state index in [0.717, 1.165) is 43.8 Å². The molecule has 7 aromatic carbocycles. The monoisotopic (exact) mass is 627 g/mol. The molecule has 48 heavy (non-hydrogen) atoms. The molecule has 0 aliphatic carbocycles. The molecule has 3 nitrogen and oxygen atoms in total. The van der Waals surface area contributed by atoms with Crippen molar-refractivity contribution in [3.05, 3.63) is 187 Å². The van der Waals surface area contributed by atoms with Crippen LogP contribution in [0.3, 0.4) is 0 Å². The van der Waals surface area contributed by atoms with Crippen LogP contribution in [-0.4, -0.2) is 12.6 Å². The summed E-state index contributed by atoms with van der Waals surface area (Å²) < 4.78 is 2.18. The topological polar surface area (TPSA) is 52.5 Å². The average Bonchev–Trinajstić information content (AvgIpc) is 3.50. The maximum atomic E-state index is 10.7. The van der Waals surface area contributed by atoms with E-state index in [4.69, 9.17) is 0 Å². The van der Waals surface area contributed by atoms with Crippen molar-refractivity contribution in [1.82, 2.24) is 4.57 Å². The zero-order valence-corrected chi connectivity index (χ0v) is 27.1. The molecule has 8 aromatic rings. The van der Waals surface area contributed by atoms with Crippen LogP contribution >= 0.6 is 0 Å². The van der Waals surface area contributed by atoms with E-state index < -0.39 is 8.07 Å². The summed E-state index contributed by atoms with van der Waals surface area (Å²) in [7, 11) is -2.98. The number of fused-ring (bicyclic) bond motifs is 3. The largest absolute Gasteiger partial charge is 0.308 e. The Labute approximate surface area is 280 Å². The predicted octanol–water partition coefficient (Wildman–Crippen LogP) is 7.57. The average molecular weight is 628 g/mol. The number of rotatable bonds is 6. The zero-order valence-electron chi connectivity index (χ0n) is 26.1. The van der Waals surface area contributed by atoms with Crippen LogP contribution in [0.1, 0.15) is 11.1 Å². The van der Waals surface area contributed by atoms with Crippen LogP contribution in [0.4, 0.5) is 0 Å². The van der Waals surface area contributed by atoms with Crippen LogP contribution < -0.4 is 20.7 Å². The summed E-state index contributed by atoms with van der Waals surface area (Å²) in [5.74, 6) is 0. The van der Waals surface area contributed by atoms with Gasteiger partial charge in [-0.3, -0.25) is 0 Å². The van der Waals surface area contributed by atoms with Crippen molar-refractivity contribution in [2.45, 2.75) is 0 Å². The van der Waals surface area contributed by atoms with Gasteiger partial charge < -0.3 is 4.57 Å². The van der Waals surface area contributed by atoms with Crippen LogP contribution in [-0.2, 0) is 0 Å². The van der Waals surface area contributed by atoms with Crippen molar-refractivity contribution < 1.29 is 0 Å². The maximum Gasteiger partial charge on any atom is 0.180 e. The lowest BCUT2D eigenvalue weighted by molar-refractivity contribution is 1.17. The minimum Gasteiger partial charge on any atom is -0.308 e. The van der Waals surface area contributed by atoms with Gasteiger partial charge in [-0.15, -0.1) is 0 Å². The van der Waals surface area contributed by atoms with Crippen LogP contribution in [0.25, 0.3) is 38.6 Å². The third-order valence-electron chi connectivity index (χ3n) is 9.44. The van der Waals surface area contributed by atoms with E-state index in [-0.39, 0.29) is 0 Å². The molecule has 1 aromatic heterocycles. The molecule has 0 radical (unpaired) electrons. The van der Waals surface area contributed by atoms with Gasteiger partial charge in [-0.1, -0.05) is 146 Å². The molecular formula is C44H29N3Si. The van der Waals surface area contributed by atoms with E-state index >= 15 is 0 Å². The van der Waals surface area contributed by atoms with Gasteiger partial charge in [0.2, 0.25) is 0 Å². The molecule has 0 bridgehead atoms. The molecule has 0 aliphatic rings. The summed E-state index contributed by atoms with van der Waals surface area (Å²) in [5.41, 5.74) is 5.75. The third kappa shape index (κ3) is 4.48. The molecule has 0 saturated carbocycles. The highest BCUT2D eigenvalue weighted by molar-refractivity contribution is 7.20. The van der Waals surface area contributed by atoms with E-state index in [1.165, 1.54) is 15.6 Å². The molecule has 0 saturated heterocycles. The van der Waals surface area contributed by atoms with Crippen molar-refractivity contribution in [2.24, 2.45) is 0 Å². The SMILES string of the molecule is N#Cc1cc(-c2c(C#N)cccc2[Si](c2ccccc2)(c2ccccc2)c2ccccc2)ccc1-n1c2ccccc2c2ccccc21. The Kier molecular flexibility index (Phi) is 7.27. The number of aromatic nitrogens is 1. The molecule has 4 heteroatoms. The number of hydrogen-bond acceptors (Lipinski definition) is 2. The highest BCUT2D eigenvalue weighted by atomic mass is 28.3. The minimum atomic E-state index is -2.98. The Hall–Kier alpha value is -6.46. The minimum absolute atomic E-state index is 0.545. The summed E-state index contributed by atoms with van der Waals surface area (Å²) in [4.78, 5) is 0. The Bertz CT molecular complexity index is 2370. The van der Waals surface area contributed by atoms with Crippen LogP contribution in [0.5, 0.6) is 0 Å². The molecule has 0 N–H and O–H groups in total. The summed E-state index contributed by atoms with van der Waals surface area (Å²) in [6, 6.07) is 66.0. The Morgan fingerprint density at radius 2 is 0.917 bits per heavy atom. The van der Waals surface area contributed by atoms with E-state index in [0.29, 0.717) is 11.1 Å². The molecular weight excluding hydrogens is 599 g/mol. The molecule has 0 amide bonds. The molecule has 0 atom stereocenters. The quantitative estimate of drug-likeness (QED) is 0.141. The first-order valence-corrected chi connectivity index (χ1v) is 18.0. The normalized spacial score (nSPS) is 11.3. The van der Waals surface area contributed by atoms with Crippen LogP contribution in [0.15, 0.2) is 176 Å². The summed E-state index contributed by atoms with van der Waals surface area (Å²) in [6.45, 7) is 0. The van der Waals surface area contributed by atoms with E-state index in [2.05, 4.69) is 156 Å². The molecule has 8 rings (SSSR count). The van der Waals surface area contributed by atoms with Crippen molar-refractivity contribution in [3.63, 3.8) is 0 Å². The molecule has 1 heterocycles. The van der Waals surface area contributed by atoms with Crippen molar-refractivity contribution in [3.8, 4) is 29.0 Å². The van der Waals surface area contributed by atoms with E-state index in [1.54, 1.807) is 0 Å². The molecule has 0 fully saturated rings. The number of benzene rings is 7. The number of para-hydroxylation sites is 2. The fraction of sp³-hybridized carbons (Fsp3) is 0. The molecule has 224 valence electrons. The standard InChI is InChI=1S/C44H29N3Si/c45-30-33-15-14-26-43(48(35-16-4-1-5-17-35,36-18-6-2-7-19-36)37-20-8-3-9-21-37)44(33)32-27-28-40(34(29-32)31-46)47-41-24-12-10-22-38(41)39-23-11-13-25-42(39)47/h1-29H. The van der Waals surface area contributed by atoms with Gasteiger partial charge >= 0.3 is 0 Å². The highest BCUT2D eigenvalue weighted by Crippen LogP contribution is 2.35. The van der Waals surface area contributed by atoms with E-state index in [9.17, 15) is 10.5 Å². The zero-order chi connectivity index (χ0) is 32.5. The predicted molar refractivity (Wildman–Crippen MR) is 199 cm³/mol. The fourth-order valence-electron chi connectivity index (χ4n) is 7.46. The van der Waals surface area contributed by atoms with Gasteiger partial charge in [0.05, 0.1) is 33.9 Å². The highest BCUT2D eigenvalue weighted by Gasteiger charge is 2.43. The van der Waals surface area contributed by atoms with Gasteiger partial charge in [-0.25, -0.2) is 0 Å².